The molecule has 0 aromatic carbocycles. The Kier molecular flexibility index (Phi) is 2.65. The standard InChI is InChI=1S/C5H12N2O/c1-3(6)5(8)4(2)7/h3-4H,6-7H2,1-2H3. The maximum Gasteiger partial charge on any atom is 0.165 e. The van der Waals surface area contributed by atoms with Gasteiger partial charge in [0.2, 0.25) is 0 Å². The van der Waals surface area contributed by atoms with Crippen molar-refractivity contribution in [1.82, 2.24) is 0 Å². The molecular weight excluding hydrogens is 104 g/mol. The van der Waals surface area contributed by atoms with E-state index in [9.17, 15) is 4.79 Å². The molecule has 0 amide bonds. The number of carbonyl (C=O) groups excluding carboxylic acids is 1. The van der Waals surface area contributed by atoms with Crippen molar-refractivity contribution in [3.05, 3.63) is 0 Å². The molecule has 8 heavy (non-hydrogen) atoms. The minimum Gasteiger partial charge on any atom is -0.322 e. The van der Waals surface area contributed by atoms with Crippen LogP contribution >= 0.6 is 0 Å². The van der Waals surface area contributed by atoms with E-state index in [1.54, 1.807) is 13.8 Å². The van der Waals surface area contributed by atoms with Crippen molar-refractivity contribution >= 4 is 5.78 Å². The number of hydrogen-bond donors (Lipinski definition) is 2. The van der Waals surface area contributed by atoms with Crippen LogP contribution in [0.4, 0.5) is 0 Å². The average molecular weight is 116 g/mol. The molecule has 0 aromatic heterocycles. The van der Waals surface area contributed by atoms with Crippen molar-refractivity contribution in [2.45, 2.75) is 25.9 Å². The SMILES string of the molecule is CC(N)C(=O)C(C)N. The van der Waals surface area contributed by atoms with E-state index in [0.717, 1.165) is 0 Å². The van der Waals surface area contributed by atoms with E-state index in [2.05, 4.69) is 0 Å². The predicted molar refractivity (Wildman–Crippen MR) is 32.3 cm³/mol. The van der Waals surface area contributed by atoms with Crippen LogP contribution in [0.25, 0.3) is 0 Å². The van der Waals surface area contributed by atoms with Crippen LogP contribution in [-0.4, -0.2) is 17.9 Å². The molecule has 0 bridgehead atoms. The lowest BCUT2D eigenvalue weighted by Crippen LogP contribution is -2.39. The summed E-state index contributed by atoms with van der Waals surface area (Å²) in [6.45, 7) is 3.26. The molecule has 2 atom stereocenters. The van der Waals surface area contributed by atoms with Gasteiger partial charge in [-0.15, -0.1) is 0 Å². The highest BCUT2D eigenvalue weighted by Crippen LogP contribution is 1.83. The zero-order valence-corrected chi connectivity index (χ0v) is 5.22. The van der Waals surface area contributed by atoms with Gasteiger partial charge in [0.25, 0.3) is 0 Å². The van der Waals surface area contributed by atoms with Crippen LogP contribution in [0.15, 0.2) is 0 Å². The molecular formula is C5H12N2O. The van der Waals surface area contributed by atoms with Crippen molar-refractivity contribution in [1.29, 1.82) is 0 Å². The number of Topliss-reactive ketones (excluding diaryl/α,β-unsaturated/α-hetero) is 1. The monoisotopic (exact) mass is 116 g/mol. The summed E-state index contributed by atoms with van der Waals surface area (Å²) >= 11 is 0. The van der Waals surface area contributed by atoms with Gasteiger partial charge in [0.1, 0.15) is 0 Å². The first-order chi connectivity index (χ1) is 3.55. The zero-order valence-electron chi connectivity index (χ0n) is 5.22. The van der Waals surface area contributed by atoms with E-state index in [0.29, 0.717) is 0 Å². The van der Waals surface area contributed by atoms with Crippen molar-refractivity contribution in [2.24, 2.45) is 11.5 Å². The van der Waals surface area contributed by atoms with Crippen molar-refractivity contribution in [3.8, 4) is 0 Å². The number of rotatable bonds is 2. The van der Waals surface area contributed by atoms with Gasteiger partial charge in [0.05, 0.1) is 12.1 Å². The summed E-state index contributed by atoms with van der Waals surface area (Å²) in [5.41, 5.74) is 10.4. The molecule has 0 heterocycles. The topological polar surface area (TPSA) is 69.1 Å². The van der Waals surface area contributed by atoms with E-state index < -0.39 is 12.1 Å². The lowest BCUT2D eigenvalue weighted by Gasteiger charge is -2.05. The summed E-state index contributed by atoms with van der Waals surface area (Å²) in [5.74, 6) is -0.0926. The lowest BCUT2D eigenvalue weighted by atomic mass is 10.1. The van der Waals surface area contributed by atoms with E-state index in [1.165, 1.54) is 0 Å². The molecule has 0 fully saturated rings. The summed E-state index contributed by atoms with van der Waals surface area (Å²) < 4.78 is 0. The van der Waals surface area contributed by atoms with Crippen molar-refractivity contribution in [3.63, 3.8) is 0 Å². The van der Waals surface area contributed by atoms with Crippen molar-refractivity contribution in [2.75, 3.05) is 0 Å². The second-order valence-electron chi connectivity index (χ2n) is 1.98. The first-order valence-corrected chi connectivity index (χ1v) is 2.60. The Balaban J connectivity index is 3.65. The molecule has 2 unspecified atom stereocenters. The molecule has 0 radical (unpaired) electrons. The first-order valence-electron chi connectivity index (χ1n) is 2.60. The molecule has 0 aliphatic rings. The van der Waals surface area contributed by atoms with Crippen LogP contribution in [0, 0.1) is 0 Å². The highest BCUT2D eigenvalue weighted by atomic mass is 16.1. The summed E-state index contributed by atoms with van der Waals surface area (Å²) in [6.07, 6.45) is 0. The maximum atomic E-state index is 10.6. The van der Waals surface area contributed by atoms with Gasteiger partial charge in [-0.25, -0.2) is 0 Å². The van der Waals surface area contributed by atoms with Crippen LogP contribution in [0.2, 0.25) is 0 Å². The third-order valence-electron chi connectivity index (χ3n) is 0.898. The van der Waals surface area contributed by atoms with Gasteiger partial charge in [0, 0.05) is 0 Å². The van der Waals surface area contributed by atoms with Gasteiger partial charge < -0.3 is 11.5 Å². The Hall–Kier alpha value is -0.410. The fraction of sp³-hybridized carbons (Fsp3) is 0.800. The van der Waals surface area contributed by atoms with Gasteiger partial charge in [-0.05, 0) is 13.8 Å². The molecule has 0 aromatic rings. The van der Waals surface area contributed by atoms with E-state index >= 15 is 0 Å². The summed E-state index contributed by atoms with van der Waals surface area (Å²) in [5, 5.41) is 0. The second-order valence-corrected chi connectivity index (χ2v) is 1.98. The van der Waals surface area contributed by atoms with Gasteiger partial charge >= 0.3 is 0 Å². The average Bonchev–Trinajstić information content (AvgIpc) is 1.64. The number of hydrogen-bond acceptors (Lipinski definition) is 3. The van der Waals surface area contributed by atoms with Crippen molar-refractivity contribution < 1.29 is 4.79 Å². The second kappa shape index (κ2) is 2.79. The summed E-state index contributed by atoms with van der Waals surface area (Å²) in [7, 11) is 0. The minimum atomic E-state index is -0.421. The molecule has 4 N–H and O–H groups in total. The Morgan fingerprint density at radius 2 is 1.50 bits per heavy atom. The molecule has 0 rings (SSSR count). The molecule has 3 heteroatoms. The third kappa shape index (κ3) is 2.04. The van der Waals surface area contributed by atoms with Gasteiger partial charge in [-0.3, -0.25) is 4.79 Å². The largest absolute Gasteiger partial charge is 0.322 e. The molecule has 48 valence electrons. The Morgan fingerprint density at radius 3 is 1.50 bits per heavy atom. The minimum absolute atomic E-state index is 0.0926. The Bertz CT molecular complexity index is 78.4. The van der Waals surface area contributed by atoms with Crippen LogP contribution in [-0.2, 0) is 4.79 Å². The molecule has 3 nitrogen and oxygen atoms in total. The fourth-order valence-electron chi connectivity index (χ4n) is 0.415. The number of ketones is 1. The van der Waals surface area contributed by atoms with E-state index in [4.69, 9.17) is 11.5 Å². The van der Waals surface area contributed by atoms with Gasteiger partial charge in [-0.1, -0.05) is 0 Å². The van der Waals surface area contributed by atoms with Crippen LogP contribution in [0.1, 0.15) is 13.8 Å². The third-order valence-corrected chi connectivity index (χ3v) is 0.898. The van der Waals surface area contributed by atoms with E-state index in [1.807, 2.05) is 0 Å². The number of nitrogens with two attached hydrogens (primary N) is 2. The normalized spacial score (nSPS) is 17.5. The Morgan fingerprint density at radius 1 is 1.25 bits per heavy atom. The van der Waals surface area contributed by atoms with Gasteiger partial charge in [0.15, 0.2) is 5.78 Å². The summed E-state index contributed by atoms with van der Waals surface area (Å²) in [4.78, 5) is 10.6. The molecule has 0 spiro atoms. The molecule has 0 saturated carbocycles. The fourth-order valence-corrected chi connectivity index (χ4v) is 0.415. The molecule has 0 aliphatic heterocycles. The van der Waals surface area contributed by atoms with Crippen LogP contribution in [0.5, 0.6) is 0 Å². The summed E-state index contributed by atoms with van der Waals surface area (Å²) in [6, 6.07) is -0.843. The van der Waals surface area contributed by atoms with Gasteiger partial charge in [-0.2, -0.15) is 0 Å². The number of carbonyl (C=O) groups is 1. The zero-order chi connectivity index (χ0) is 6.73. The Labute approximate surface area is 49.0 Å². The molecule has 0 saturated heterocycles. The lowest BCUT2D eigenvalue weighted by molar-refractivity contribution is -0.120. The quantitative estimate of drug-likeness (QED) is 0.498. The molecule has 0 aliphatic carbocycles. The maximum absolute atomic E-state index is 10.6. The highest BCUT2D eigenvalue weighted by Gasteiger charge is 2.10. The predicted octanol–water partition coefficient (Wildman–Crippen LogP) is -0.750. The smallest absolute Gasteiger partial charge is 0.165 e. The van der Waals surface area contributed by atoms with Crippen LogP contribution < -0.4 is 11.5 Å². The van der Waals surface area contributed by atoms with E-state index in [-0.39, 0.29) is 5.78 Å². The first kappa shape index (κ1) is 7.59. The highest BCUT2D eigenvalue weighted by molar-refractivity contribution is 5.87. The van der Waals surface area contributed by atoms with Crippen LogP contribution in [0.3, 0.4) is 0 Å².